The smallest absolute Gasteiger partial charge is 0.244 e. The molecule has 1 aromatic carbocycles. The Labute approximate surface area is 206 Å². The van der Waals surface area contributed by atoms with E-state index in [0.29, 0.717) is 25.9 Å². The average Bonchev–Trinajstić information content (AvgIpc) is 3.20. The summed E-state index contributed by atoms with van der Waals surface area (Å²) in [6.45, 7) is 6.49. The number of hydrogen-bond acceptors (Lipinski definition) is 6. The number of nitrogens with zero attached hydrogens (tertiary/aromatic N) is 3. The number of amides is 3. The number of rotatable bonds is 9. The van der Waals surface area contributed by atoms with Crippen LogP contribution in [0.1, 0.15) is 50.3 Å². The van der Waals surface area contributed by atoms with E-state index in [2.05, 4.69) is 39.8 Å². The third kappa shape index (κ3) is 5.51. The predicted molar refractivity (Wildman–Crippen MR) is 132 cm³/mol. The minimum Gasteiger partial charge on any atom is -0.352 e. The van der Waals surface area contributed by atoms with Crippen molar-refractivity contribution in [3.05, 3.63) is 53.6 Å². The summed E-state index contributed by atoms with van der Waals surface area (Å²) in [5.41, 5.74) is 3.79. The van der Waals surface area contributed by atoms with Crippen LogP contribution in [0, 0.1) is 5.92 Å². The van der Waals surface area contributed by atoms with Gasteiger partial charge in [0, 0.05) is 50.4 Å². The van der Waals surface area contributed by atoms with Gasteiger partial charge in [0.1, 0.15) is 12.4 Å². The van der Waals surface area contributed by atoms with E-state index in [9.17, 15) is 14.4 Å². The van der Waals surface area contributed by atoms with E-state index in [0.717, 1.165) is 35.2 Å². The number of aryl methyl sites for hydroxylation is 1. The monoisotopic (exact) mass is 478 g/mol. The second-order valence-electron chi connectivity index (χ2n) is 9.51. The Hall–Kier alpha value is -3.33. The first-order chi connectivity index (χ1) is 16.9. The Balaban J connectivity index is 1.52. The highest BCUT2D eigenvalue weighted by Gasteiger charge is 2.43. The minimum atomic E-state index is -0.605. The molecule has 2 aliphatic heterocycles. The minimum absolute atomic E-state index is 0.0720. The molecule has 0 saturated carbocycles. The lowest BCUT2D eigenvalue weighted by atomic mass is 9.98. The molecule has 2 aliphatic rings. The van der Waals surface area contributed by atoms with Crippen LogP contribution in [0.15, 0.2) is 36.9 Å². The second kappa shape index (κ2) is 10.9. The zero-order chi connectivity index (χ0) is 24.9. The van der Waals surface area contributed by atoms with Crippen molar-refractivity contribution in [1.29, 1.82) is 0 Å². The zero-order valence-corrected chi connectivity index (χ0v) is 20.6. The van der Waals surface area contributed by atoms with Gasteiger partial charge in [0.2, 0.25) is 17.7 Å². The Morgan fingerprint density at radius 2 is 1.94 bits per heavy atom. The Kier molecular flexibility index (Phi) is 7.75. The summed E-state index contributed by atoms with van der Waals surface area (Å²) < 4.78 is 0. The lowest BCUT2D eigenvalue weighted by Gasteiger charge is -2.30. The van der Waals surface area contributed by atoms with Crippen LogP contribution in [0.4, 0.5) is 5.69 Å². The molecular formula is C26H34N6O3. The predicted octanol–water partition coefficient (Wildman–Crippen LogP) is 1.51. The van der Waals surface area contributed by atoms with Crippen LogP contribution in [-0.2, 0) is 33.8 Å². The molecule has 186 valence electrons. The van der Waals surface area contributed by atoms with Gasteiger partial charge in [-0.2, -0.15) is 0 Å². The average molecular weight is 479 g/mol. The van der Waals surface area contributed by atoms with Crippen molar-refractivity contribution < 1.29 is 14.4 Å². The van der Waals surface area contributed by atoms with Gasteiger partial charge < -0.3 is 16.0 Å². The van der Waals surface area contributed by atoms with E-state index in [1.54, 1.807) is 17.3 Å². The van der Waals surface area contributed by atoms with E-state index in [-0.39, 0.29) is 29.7 Å². The van der Waals surface area contributed by atoms with Crippen molar-refractivity contribution in [3.8, 4) is 0 Å². The van der Waals surface area contributed by atoms with Gasteiger partial charge in [-0.1, -0.05) is 38.5 Å². The molecule has 9 heteroatoms. The van der Waals surface area contributed by atoms with Gasteiger partial charge in [-0.15, -0.1) is 0 Å². The van der Waals surface area contributed by atoms with Crippen molar-refractivity contribution >= 4 is 23.4 Å². The first-order valence-corrected chi connectivity index (χ1v) is 12.3. The molecule has 3 heterocycles. The van der Waals surface area contributed by atoms with E-state index in [4.69, 9.17) is 0 Å². The molecule has 0 bridgehead atoms. The summed E-state index contributed by atoms with van der Waals surface area (Å²) in [4.78, 5) is 48.5. The molecule has 2 aromatic rings. The van der Waals surface area contributed by atoms with Gasteiger partial charge in [0.05, 0.1) is 11.7 Å². The van der Waals surface area contributed by atoms with Crippen LogP contribution in [0.3, 0.4) is 0 Å². The summed E-state index contributed by atoms with van der Waals surface area (Å²) in [6, 6.07) is 4.93. The van der Waals surface area contributed by atoms with Crippen LogP contribution < -0.4 is 20.9 Å². The fraction of sp³-hybridized carbons (Fsp3) is 0.500. The highest BCUT2D eigenvalue weighted by atomic mass is 16.2. The highest BCUT2D eigenvalue weighted by Crippen LogP contribution is 2.39. The summed E-state index contributed by atoms with van der Waals surface area (Å²) in [5.74, 6) is -0.104. The molecule has 0 radical (unpaired) electrons. The SMILES string of the molecule is CC[C@H](C)[C@@H](CN[C@H]1CCc2cccc3c2N(C1=O)[C@H](C(=O)NCc1cncnc1)C3)NC(C)=O. The molecule has 0 fully saturated rings. The van der Waals surface area contributed by atoms with E-state index < -0.39 is 12.1 Å². The van der Waals surface area contributed by atoms with Crippen LogP contribution in [-0.4, -0.2) is 52.4 Å². The van der Waals surface area contributed by atoms with Crippen LogP contribution in [0.5, 0.6) is 0 Å². The first kappa shape index (κ1) is 24.8. The van der Waals surface area contributed by atoms with Crippen molar-refractivity contribution in [2.24, 2.45) is 5.92 Å². The number of anilines is 1. The lowest BCUT2D eigenvalue weighted by Crippen LogP contribution is -2.55. The van der Waals surface area contributed by atoms with Gasteiger partial charge in [0.15, 0.2) is 0 Å². The molecule has 1 aromatic heterocycles. The molecule has 0 spiro atoms. The van der Waals surface area contributed by atoms with Crippen LogP contribution >= 0.6 is 0 Å². The first-order valence-electron chi connectivity index (χ1n) is 12.3. The number of benzene rings is 1. The Morgan fingerprint density at radius 3 is 2.66 bits per heavy atom. The van der Waals surface area contributed by atoms with Gasteiger partial charge in [0.25, 0.3) is 0 Å². The molecular weight excluding hydrogens is 444 g/mol. The normalized spacial score (nSPS) is 20.5. The molecule has 0 saturated heterocycles. The van der Waals surface area contributed by atoms with E-state index in [1.165, 1.54) is 13.3 Å². The molecule has 35 heavy (non-hydrogen) atoms. The highest BCUT2D eigenvalue weighted by molar-refractivity contribution is 6.06. The second-order valence-corrected chi connectivity index (χ2v) is 9.51. The molecule has 3 N–H and O–H groups in total. The van der Waals surface area contributed by atoms with Crippen LogP contribution in [0.2, 0.25) is 0 Å². The largest absolute Gasteiger partial charge is 0.352 e. The van der Waals surface area contributed by atoms with Crippen molar-refractivity contribution in [3.63, 3.8) is 0 Å². The molecule has 0 aliphatic carbocycles. The lowest BCUT2D eigenvalue weighted by molar-refractivity contribution is -0.127. The number of hydrogen-bond donors (Lipinski definition) is 3. The topological polar surface area (TPSA) is 116 Å². The Morgan fingerprint density at radius 1 is 1.20 bits per heavy atom. The third-order valence-electron chi connectivity index (χ3n) is 7.09. The van der Waals surface area contributed by atoms with Gasteiger partial charge in [-0.25, -0.2) is 9.97 Å². The number of aromatic nitrogens is 2. The van der Waals surface area contributed by atoms with Crippen molar-refractivity contribution in [2.45, 2.75) is 71.1 Å². The fourth-order valence-corrected chi connectivity index (χ4v) is 4.97. The van der Waals surface area contributed by atoms with Crippen molar-refractivity contribution in [1.82, 2.24) is 25.9 Å². The quantitative estimate of drug-likeness (QED) is 0.503. The number of carbonyl (C=O) groups excluding carboxylic acids is 3. The van der Waals surface area contributed by atoms with Gasteiger partial charge >= 0.3 is 0 Å². The third-order valence-corrected chi connectivity index (χ3v) is 7.09. The number of para-hydroxylation sites is 1. The summed E-state index contributed by atoms with van der Waals surface area (Å²) in [7, 11) is 0. The number of carbonyl (C=O) groups is 3. The molecule has 4 rings (SSSR count). The summed E-state index contributed by atoms with van der Waals surface area (Å²) >= 11 is 0. The molecule has 9 nitrogen and oxygen atoms in total. The molecule has 3 amide bonds. The van der Waals surface area contributed by atoms with Gasteiger partial charge in [-0.05, 0) is 29.9 Å². The maximum atomic E-state index is 13.8. The zero-order valence-electron chi connectivity index (χ0n) is 20.6. The Bertz CT molecular complexity index is 1080. The van der Waals surface area contributed by atoms with Gasteiger partial charge in [-0.3, -0.25) is 19.3 Å². The number of nitrogens with one attached hydrogen (secondary N) is 3. The summed E-state index contributed by atoms with van der Waals surface area (Å²) in [5, 5.41) is 9.38. The standard InChI is InChI=1S/C26H34N6O3/c1-4-16(2)22(31-17(3)33)14-29-21-9-8-19-6-5-7-20-10-23(32(24(19)20)26(21)35)25(34)30-13-18-11-27-15-28-12-18/h5-7,11-12,15-16,21-23,29H,4,8-10,13-14H2,1-3H3,(H,30,34)(H,31,33)/t16-,21-,22+,23-/m0/s1. The fourth-order valence-electron chi connectivity index (χ4n) is 4.97. The van der Waals surface area contributed by atoms with E-state index in [1.807, 2.05) is 18.2 Å². The maximum absolute atomic E-state index is 13.8. The maximum Gasteiger partial charge on any atom is 0.244 e. The molecule has 4 atom stereocenters. The van der Waals surface area contributed by atoms with Crippen molar-refractivity contribution in [2.75, 3.05) is 11.4 Å². The van der Waals surface area contributed by atoms with E-state index >= 15 is 0 Å². The van der Waals surface area contributed by atoms with Crippen LogP contribution in [0.25, 0.3) is 0 Å². The molecule has 0 unspecified atom stereocenters. The summed E-state index contributed by atoms with van der Waals surface area (Å²) in [6.07, 6.45) is 7.55.